The molecule has 1 heterocycles. The van der Waals surface area contributed by atoms with E-state index in [2.05, 4.69) is 10.2 Å². The molecule has 2 N–H and O–H groups in total. The largest absolute Gasteiger partial charge is 0.408 e. The monoisotopic (exact) mass is 239 g/mol. The second-order valence-corrected chi connectivity index (χ2v) is 5.16. The van der Waals surface area contributed by atoms with Crippen molar-refractivity contribution in [1.29, 1.82) is 0 Å². The van der Waals surface area contributed by atoms with Crippen molar-refractivity contribution in [1.82, 2.24) is 10.2 Å². The summed E-state index contributed by atoms with van der Waals surface area (Å²) in [6.07, 6.45) is 1.01. The number of hydrogen-bond donors (Lipinski definition) is 1. The molecule has 0 saturated heterocycles. The van der Waals surface area contributed by atoms with Crippen LogP contribution in [0, 0.1) is 0 Å². The molecule has 0 aliphatic carbocycles. The summed E-state index contributed by atoms with van der Waals surface area (Å²) in [5, 5.41) is 6.71. The average Bonchev–Trinajstić information content (AvgIpc) is 2.67. The second-order valence-electron chi connectivity index (χ2n) is 3.27. The van der Waals surface area contributed by atoms with Crippen molar-refractivity contribution in [3.63, 3.8) is 0 Å². The van der Waals surface area contributed by atoms with Crippen molar-refractivity contribution in [2.24, 2.45) is 0 Å². The molecule has 0 bridgehead atoms. The maximum atomic E-state index is 11.1. The zero-order valence-corrected chi connectivity index (χ0v) is 9.23. The molecular formula is C9H9N3O3S. The van der Waals surface area contributed by atoms with Gasteiger partial charge in [0.15, 0.2) is 0 Å². The van der Waals surface area contributed by atoms with Gasteiger partial charge in [0.2, 0.25) is 15.7 Å². The Balaban J connectivity index is 2.43. The number of nitrogen functional groups attached to an aromatic ring is 1. The average molecular weight is 239 g/mol. The molecule has 0 fully saturated rings. The first-order valence-corrected chi connectivity index (χ1v) is 6.25. The zero-order valence-electron chi connectivity index (χ0n) is 8.41. The van der Waals surface area contributed by atoms with Crippen LogP contribution in [0.5, 0.6) is 0 Å². The van der Waals surface area contributed by atoms with Crippen molar-refractivity contribution in [2.45, 2.75) is 5.22 Å². The summed E-state index contributed by atoms with van der Waals surface area (Å²) in [5.74, 6) is 0.153. The molecule has 0 amide bonds. The lowest BCUT2D eigenvalue weighted by Gasteiger charge is -1.94. The Bertz CT molecular complexity index is 601. The van der Waals surface area contributed by atoms with Crippen LogP contribution in [0.1, 0.15) is 0 Å². The Hall–Kier alpha value is -1.89. The summed E-state index contributed by atoms with van der Waals surface area (Å²) in [5.41, 5.74) is 6.74. The van der Waals surface area contributed by atoms with Gasteiger partial charge >= 0.3 is 5.22 Å². The number of aromatic nitrogens is 2. The van der Waals surface area contributed by atoms with Gasteiger partial charge in [-0.05, 0) is 24.3 Å². The Morgan fingerprint density at radius 1 is 1.19 bits per heavy atom. The van der Waals surface area contributed by atoms with Crippen molar-refractivity contribution < 1.29 is 12.8 Å². The lowest BCUT2D eigenvalue weighted by Crippen LogP contribution is -1.96. The minimum absolute atomic E-state index is 0.153. The minimum Gasteiger partial charge on any atom is -0.408 e. The fourth-order valence-electron chi connectivity index (χ4n) is 1.10. The second kappa shape index (κ2) is 3.60. The van der Waals surface area contributed by atoms with Crippen molar-refractivity contribution in [2.75, 3.05) is 12.0 Å². The van der Waals surface area contributed by atoms with E-state index < -0.39 is 9.84 Å². The summed E-state index contributed by atoms with van der Waals surface area (Å²) >= 11 is 0. The first-order valence-electron chi connectivity index (χ1n) is 4.36. The fourth-order valence-corrected chi connectivity index (χ4v) is 1.52. The van der Waals surface area contributed by atoms with Crippen LogP contribution in [0.4, 0.5) is 5.69 Å². The molecule has 0 spiro atoms. The van der Waals surface area contributed by atoms with Gasteiger partial charge in [0.05, 0.1) is 0 Å². The summed E-state index contributed by atoms with van der Waals surface area (Å²) in [6, 6.07) is 6.68. The van der Waals surface area contributed by atoms with Crippen LogP contribution in [-0.4, -0.2) is 24.9 Å². The molecule has 0 aliphatic heterocycles. The standard InChI is InChI=1S/C9H9N3O3S/c1-16(13,14)9-12-11-8(15-9)6-2-4-7(10)5-3-6/h2-5H,10H2,1H3. The van der Waals surface area contributed by atoms with Gasteiger partial charge in [0.25, 0.3) is 0 Å². The highest BCUT2D eigenvalue weighted by atomic mass is 32.2. The van der Waals surface area contributed by atoms with Crippen LogP contribution < -0.4 is 5.73 Å². The number of rotatable bonds is 2. The van der Waals surface area contributed by atoms with E-state index in [0.717, 1.165) is 6.26 Å². The number of hydrogen-bond acceptors (Lipinski definition) is 6. The summed E-state index contributed by atoms with van der Waals surface area (Å²) < 4.78 is 27.3. The van der Waals surface area contributed by atoms with E-state index in [-0.39, 0.29) is 11.1 Å². The van der Waals surface area contributed by atoms with Crippen LogP contribution in [-0.2, 0) is 9.84 Å². The number of anilines is 1. The van der Waals surface area contributed by atoms with Gasteiger partial charge in [-0.15, -0.1) is 5.10 Å². The van der Waals surface area contributed by atoms with E-state index in [1.54, 1.807) is 24.3 Å². The van der Waals surface area contributed by atoms with E-state index in [1.165, 1.54) is 0 Å². The molecule has 84 valence electrons. The lowest BCUT2D eigenvalue weighted by atomic mass is 10.2. The van der Waals surface area contributed by atoms with Gasteiger partial charge in [0.1, 0.15) is 0 Å². The van der Waals surface area contributed by atoms with Gasteiger partial charge < -0.3 is 10.2 Å². The van der Waals surface area contributed by atoms with Crippen LogP contribution in [0.15, 0.2) is 33.9 Å². The van der Waals surface area contributed by atoms with Gasteiger partial charge in [-0.25, -0.2) is 8.42 Å². The third-order valence-corrected chi connectivity index (χ3v) is 2.68. The van der Waals surface area contributed by atoms with E-state index >= 15 is 0 Å². The zero-order chi connectivity index (χ0) is 11.8. The first-order chi connectivity index (χ1) is 7.47. The SMILES string of the molecule is CS(=O)(=O)c1nnc(-c2ccc(N)cc2)o1. The third kappa shape index (κ3) is 2.03. The number of nitrogens with two attached hydrogens (primary N) is 1. The highest BCUT2D eigenvalue weighted by molar-refractivity contribution is 7.90. The Morgan fingerprint density at radius 3 is 2.31 bits per heavy atom. The summed E-state index contributed by atoms with van der Waals surface area (Å²) in [4.78, 5) is 0. The lowest BCUT2D eigenvalue weighted by molar-refractivity contribution is 0.442. The number of sulfone groups is 1. The highest BCUT2D eigenvalue weighted by Crippen LogP contribution is 2.20. The Kier molecular flexibility index (Phi) is 2.39. The third-order valence-electron chi connectivity index (χ3n) is 1.88. The molecule has 2 rings (SSSR count). The van der Waals surface area contributed by atoms with Gasteiger partial charge in [-0.3, -0.25) is 0 Å². The number of nitrogens with zero attached hydrogens (tertiary/aromatic N) is 2. The Morgan fingerprint density at radius 2 is 1.81 bits per heavy atom. The van der Waals surface area contributed by atoms with Gasteiger partial charge in [0, 0.05) is 17.5 Å². The molecule has 0 aliphatic rings. The normalized spacial score (nSPS) is 11.6. The smallest absolute Gasteiger partial charge is 0.335 e. The van der Waals surface area contributed by atoms with Crippen molar-refractivity contribution in [3.05, 3.63) is 24.3 Å². The molecule has 0 saturated carbocycles. The topological polar surface area (TPSA) is 99.1 Å². The fraction of sp³-hybridized carbons (Fsp3) is 0.111. The molecule has 0 unspecified atom stereocenters. The molecule has 2 aromatic rings. The van der Waals surface area contributed by atoms with Gasteiger partial charge in [-0.2, -0.15) is 0 Å². The number of benzene rings is 1. The highest BCUT2D eigenvalue weighted by Gasteiger charge is 2.17. The van der Waals surface area contributed by atoms with Crippen molar-refractivity contribution >= 4 is 15.5 Å². The molecule has 1 aromatic carbocycles. The Labute approximate surface area is 92.0 Å². The van der Waals surface area contributed by atoms with Gasteiger partial charge in [-0.1, -0.05) is 5.10 Å². The van der Waals surface area contributed by atoms with E-state index in [9.17, 15) is 8.42 Å². The molecular weight excluding hydrogens is 230 g/mol. The minimum atomic E-state index is -3.46. The van der Waals surface area contributed by atoms with Crippen LogP contribution in [0.3, 0.4) is 0 Å². The molecule has 7 heteroatoms. The van der Waals surface area contributed by atoms with Crippen LogP contribution >= 0.6 is 0 Å². The first kappa shape index (κ1) is 10.6. The molecule has 6 nitrogen and oxygen atoms in total. The summed E-state index contributed by atoms with van der Waals surface area (Å²) in [6.45, 7) is 0. The maximum absolute atomic E-state index is 11.1. The summed E-state index contributed by atoms with van der Waals surface area (Å²) in [7, 11) is -3.46. The molecule has 0 atom stereocenters. The van der Waals surface area contributed by atoms with E-state index in [1.807, 2.05) is 0 Å². The predicted molar refractivity (Wildman–Crippen MR) is 57.3 cm³/mol. The van der Waals surface area contributed by atoms with Crippen molar-refractivity contribution in [3.8, 4) is 11.5 Å². The van der Waals surface area contributed by atoms with Crippen LogP contribution in [0.2, 0.25) is 0 Å². The van der Waals surface area contributed by atoms with E-state index in [0.29, 0.717) is 11.3 Å². The predicted octanol–water partition coefficient (Wildman–Crippen LogP) is 0.722. The quantitative estimate of drug-likeness (QED) is 0.775. The van der Waals surface area contributed by atoms with E-state index in [4.69, 9.17) is 10.2 Å². The molecule has 1 aromatic heterocycles. The maximum Gasteiger partial charge on any atom is 0.335 e. The van der Waals surface area contributed by atoms with Crippen LogP contribution in [0.25, 0.3) is 11.5 Å². The molecule has 0 radical (unpaired) electrons. The molecule has 16 heavy (non-hydrogen) atoms.